The highest BCUT2D eigenvalue weighted by Gasteiger charge is 2.28. The van der Waals surface area contributed by atoms with Crippen LogP contribution in [0.4, 0.5) is 0 Å². The predicted molar refractivity (Wildman–Crippen MR) is 64.2 cm³/mol. The lowest BCUT2D eigenvalue weighted by molar-refractivity contribution is -0.135. The lowest BCUT2D eigenvalue weighted by atomic mass is 9.95. The van der Waals surface area contributed by atoms with Crippen LogP contribution in [0.1, 0.15) is 19.8 Å². The van der Waals surface area contributed by atoms with Crippen molar-refractivity contribution in [2.75, 3.05) is 32.2 Å². The molecule has 0 saturated carbocycles. The number of carbonyl (C=O) groups excluding carboxylic acids is 1. The Hall–Kier alpha value is -0.220. The summed E-state index contributed by atoms with van der Waals surface area (Å²) in [6.45, 7) is 3.86. The molecule has 1 aliphatic rings. The van der Waals surface area contributed by atoms with Crippen molar-refractivity contribution in [2.45, 2.75) is 25.9 Å². The number of hydrogen-bond donors (Lipinski definition) is 0. The highest BCUT2D eigenvalue weighted by molar-refractivity contribution is 7.98. The first-order valence-corrected chi connectivity index (χ1v) is 6.88. The largest absolute Gasteiger partial charge is 0.379 e. The average molecular weight is 231 g/mol. The number of rotatable bonds is 4. The van der Waals surface area contributed by atoms with Crippen LogP contribution >= 0.6 is 11.8 Å². The smallest absolute Gasteiger partial charge is 0.223 e. The van der Waals surface area contributed by atoms with Crippen molar-refractivity contribution in [3.63, 3.8) is 0 Å². The molecule has 0 aromatic carbocycles. The number of hydrogen-bond acceptors (Lipinski definition) is 3. The molecule has 3 nitrogen and oxygen atoms in total. The van der Waals surface area contributed by atoms with E-state index in [2.05, 4.69) is 6.92 Å². The summed E-state index contributed by atoms with van der Waals surface area (Å²) in [5, 5.41) is 0. The van der Waals surface area contributed by atoms with Gasteiger partial charge in [0.1, 0.15) is 0 Å². The van der Waals surface area contributed by atoms with Gasteiger partial charge in [-0.1, -0.05) is 6.92 Å². The number of nitrogens with zero attached hydrogens (tertiary/aromatic N) is 1. The van der Waals surface area contributed by atoms with Crippen LogP contribution in [0.5, 0.6) is 0 Å². The van der Waals surface area contributed by atoms with Gasteiger partial charge in [-0.15, -0.1) is 0 Å². The van der Waals surface area contributed by atoms with Crippen LogP contribution in [0.3, 0.4) is 0 Å². The fourth-order valence-electron chi connectivity index (χ4n) is 1.91. The second kappa shape index (κ2) is 6.38. The number of amides is 1. The molecule has 1 amide bonds. The molecule has 4 heteroatoms. The van der Waals surface area contributed by atoms with Crippen molar-refractivity contribution in [1.82, 2.24) is 4.90 Å². The maximum Gasteiger partial charge on any atom is 0.223 e. The van der Waals surface area contributed by atoms with Gasteiger partial charge in [-0.2, -0.15) is 11.8 Å². The minimum Gasteiger partial charge on any atom is -0.379 e. The molecular formula is C11H21NO2S. The molecule has 1 saturated heterocycles. The molecule has 1 heterocycles. The van der Waals surface area contributed by atoms with E-state index in [1.54, 1.807) is 18.9 Å². The van der Waals surface area contributed by atoms with E-state index >= 15 is 0 Å². The van der Waals surface area contributed by atoms with Crippen molar-refractivity contribution in [1.29, 1.82) is 0 Å². The third kappa shape index (κ3) is 3.68. The molecule has 2 atom stereocenters. The van der Waals surface area contributed by atoms with Crippen molar-refractivity contribution >= 4 is 17.7 Å². The standard InChI is InChI=1S/C11H21NO2S/c1-9-4-6-12(8-10(9)14-2)11(13)5-7-15-3/h9-10H,4-8H2,1-3H3. The first-order valence-electron chi connectivity index (χ1n) is 5.48. The zero-order chi connectivity index (χ0) is 11.3. The summed E-state index contributed by atoms with van der Waals surface area (Å²) in [6, 6.07) is 0. The molecule has 0 spiro atoms. The Balaban J connectivity index is 2.40. The molecule has 0 aliphatic carbocycles. The molecule has 1 fully saturated rings. The predicted octanol–water partition coefficient (Wildman–Crippen LogP) is 1.62. The molecule has 1 aliphatic heterocycles. The van der Waals surface area contributed by atoms with Gasteiger partial charge < -0.3 is 9.64 Å². The summed E-state index contributed by atoms with van der Waals surface area (Å²) in [5.74, 6) is 1.76. The van der Waals surface area contributed by atoms with Crippen LogP contribution in [0.2, 0.25) is 0 Å². The van der Waals surface area contributed by atoms with E-state index in [4.69, 9.17) is 4.74 Å². The summed E-state index contributed by atoms with van der Waals surface area (Å²) >= 11 is 1.72. The van der Waals surface area contributed by atoms with Gasteiger partial charge in [0.05, 0.1) is 6.10 Å². The van der Waals surface area contributed by atoms with Gasteiger partial charge in [-0.05, 0) is 18.6 Å². The van der Waals surface area contributed by atoms with Crippen LogP contribution in [-0.4, -0.2) is 49.1 Å². The third-order valence-electron chi connectivity index (χ3n) is 3.06. The second-order valence-corrected chi connectivity index (χ2v) is 5.11. The molecule has 88 valence electrons. The number of ether oxygens (including phenoxy) is 1. The average Bonchev–Trinajstić information content (AvgIpc) is 2.26. The van der Waals surface area contributed by atoms with E-state index in [-0.39, 0.29) is 12.0 Å². The molecule has 0 radical (unpaired) electrons. The highest BCUT2D eigenvalue weighted by atomic mass is 32.2. The fraction of sp³-hybridized carbons (Fsp3) is 0.909. The van der Waals surface area contributed by atoms with E-state index in [0.29, 0.717) is 12.3 Å². The summed E-state index contributed by atoms with van der Waals surface area (Å²) in [5.41, 5.74) is 0. The molecule has 0 N–H and O–H groups in total. The Morgan fingerprint density at radius 3 is 2.93 bits per heavy atom. The second-order valence-electron chi connectivity index (χ2n) is 4.12. The van der Waals surface area contributed by atoms with E-state index in [0.717, 1.165) is 25.3 Å². The first-order chi connectivity index (χ1) is 7.19. The monoisotopic (exact) mass is 231 g/mol. The Morgan fingerprint density at radius 1 is 1.60 bits per heavy atom. The van der Waals surface area contributed by atoms with Gasteiger partial charge >= 0.3 is 0 Å². The molecule has 2 unspecified atom stereocenters. The van der Waals surface area contributed by atoms with Gasteiger partial charge in [-0.3, -0.25) is 4.79 Å². The molecular weight excluding hydrogens is 210 g/mol. The van der Waals surface area contributed by atoms with Gasteiger partial charge in [0.15, 0.2) is 0 Å². The van der Waals surface area contributed by atoms with Crippen molar-refractivity contribution in [3.8, 4) is 0 Å². The van der Waals surface area contributed by atoms with Crippen LogP contribution in [0.25, 0.3) is 0 Å². The number of piperidine rings is 1. The Bertz CT molecular complexity index is 211. The van der Waals surface area contributed by atoms with Crippen LogP contribution < -0.4 is 0 Å². The lowest BCUT2D eigenvalue weighted by Crippen LogP contribution is -2.46. The highest BCUT2D eigenvalue weighted by Crippen LogP contribution is 2.20. The van der Waals surface area contributed by atoms with Crippen LogP contribution in [-0.2, 0) is 9.53 Å². The number of carbonyl (C=O) groups is 1. The zero-order valence-corrected chi connectivity index (χ0v) is 10.7. The molecule has 0 bridgehead atoms. The van der Waals surface area contributed by atoms with E-state index in [1.807, 2.05) is 11.2 Å². The van der Waals surface area contributed by atoms with Crippen LogP contribution in [0.15, 0.2) is 0 Å². The van der Waals surface area contributed by atoms with E-state index in [1.165, 1.54) is 0 Å². The van der Waals surface area contributed by atoms with Crippen LogP contribution in [0, 0.1) is 5.92 Å². The molecule has 15 heavy (non-hydrogen) atoms. The minimum atomic E-state index is 0.219. The van der Waals surface area contributed by atoms with Gasteiger partial charge in [0, 0.05) is 32.4 Å². The lowest BCUT2D eigenvalue weighted by Gasteiger charge is -2.36. The zero-order valence-electron chi connectivity index (χ0n) is 9.86. The maximum atomic E-state index is 11.8. The minimum absolute atomic E-state index is 0.219. The summed E-state index contributed by atoms with van der Waals surface area (Å²) in [4.78, 5) is 13.7. The van der Waals surface area contributed by atoms with Crippen molar-refractivity contribution in [3.05, 3.63) is 0 Å². The summed E-state index contributed by atoms with van der Waals surface area (Å²) < 4.78 is 5.39. The summed E-state index contributed by atoms with van der Waals surface area (Å²) in [7, 11) is 1.73. The van der Waals surface area contributed by atoms with Crippen molar-refractivity contribution < 1.29 is 9.53 Å². The molecule has 0 aromatic heterocycles. The fourth-order valence-corrected chi connectivity index (χ4v) is 2.29. The molecule has 0 aromatic rings. The Morgan fingerprint density at radius 2 is 2.33 bits per heavy atom. The maximum absolute atomic E-state index is 11.8. The first kappa shape index (κ1) is 12.8. The van der Waals surface area contributed by atoms with Gasteiger partial charge in [0.25, 0.3) is 0 Å². The number of likely N-dealkylation sites (tertiary alicyclic amines) is 1. The van der Waals surface area contributed by atoms with Gasteiger partial charge in [0.2, 0.25) is 5.91 Å². The SMILES string of the molecule is COC1CN(C(=O)CCSC)CCC1C. The van der Waals surface area contributed by atoms with E-state index in [9.17, 15) is 4.79 Å². The third-order valence-corrected chi connectivity index (χ3v) is 3.68. The topological polar surface area (TPSA) is 29.5 Å². The normalized spacial score (nSPS) is 26.7. The number of thioether (sulfide) groups is 1. The quantitative estimate of drug-likeness (QED) is 0.736. The van der Waals surface area contributed by atoms with Crippen molar-refractivity contribution in [2.24, 2.45) is 5.92 Å². The molecule has 1 rings (SSSR count). The van der Waals surface area contributed by atoms with E-state index < -0.39 is 0 Å². The number of methoxy groups -OCH3 is 1. The Kier molecular flexibility index (Phi) is 5.47. The Labute approximate surface area is 96.5 Å². The van der Waals surface area contributed by atoms with Gasteiger partial charge in [-0.25, -0.2) is 0 Å². The summed E-state index contributed by atoms with van der Waals surface area (Å²) in [6.07, 6.45) is 3.97.